The number of cyclic esters (lactones) is 2. The molecular weight excluding hydrogens is 468 g/mol. The van der Waals surface area contributed by atoms with Crippen LogP contribution in [0.4, 0.5) is 0 Å². The highest BCUT2D eigenvalue weighted by Crippen LogP contribution is 2.72. The maximum atomic E-state index is 13.1. The average Bonchev–Trinajstić information content (AvgIpc) is 3.74. The molecule has 9 heteroatoms. The number of hydrogen-bond acceptors (Lipinski definition) is 9. The average molecular weight is 501 g/mol. The molecule has 194 valence electrons. The number of fused-ring (bicyclic) bond motifs is 1. The van der Waals surface area contributed by atoms with Gasteiger partial charge < -0.3 is 28.4 Å². The van der Waals surface area contributed by atoms with Gasteiger partial charge in [0.05, 0.1) is 30.8 Å². The zero-order chi connectivity index (χ0) is 25.3. The molecule has 0 aromatic carbocycles. The molecule has 36 heavy (non-hydrogen) atoms. The van der Waals surface area contributed by atoms with Crippen LogP contribution in [-0.4, -0.2) is 73.3 Å². The number of esters is 3. The van der Waals surface area contributed by atoms with Crippen molar-refractivity contribution in [2.24, 2.45) is 10.8 Å². The molecule has 6 rings (SSSR count). The first-order chi connectivity index (χ1) is 17.1. The van der Waals surface area contributed by atoms with Gasteiger partial charge in [0.15, 0.2) is 6.10 Å². The summed E-state index contributed by atoms with van der Waals surface area (Å²) in [5.74, 6) is -1.51. The molecule has 9 nitrogen and oxygen atoms in total. The Morgan fingerprint density at radius 1 is 0.944 bits per heavy atom. The Balaban J connectivity index is 1.37. The molecule has 8 atom stereocenters. The third-order valence-corrected chi connectivity index (χ3v) is 9.47. The summed E-state index contributed by atoms with van der Waals surface area (Å²) in [6, 6.07) is 0. The summed E-state index contributed by atoms with van der Waals surface area (Å²) in [7, 11) is 0. The molecule has 2 spiro atoms. The van der Waals surface area contributed by atoms with Gasteiger partial charge in [-0.2, -0.15) is 0 Å². The Hall–Kier alpha value is -2.49. The molecule has 0 aromatic rings. The summed E-state index contributed by atoms with van der Waals surface area (Å²) in [5, 5.41) is 0. The van der Waals surface area contributed by atoms with Gasteiger partial charge in [0.1, 0.15) is 23.9 Å². The lowest BCUT2D eigenvalue weighted by molar-refractivity contribution is -0.233. The van der Waals surface area contributed by atoms with Crippen molar-refractivity contribution in [3.8, 4) is 0 Å². The third-order valence-electron chi connectivity index (χ3n) is 9.47. The number of ether oxygens (including phenoxy) is 6. The number of hydrogen-bond donors (Lipinski definition) is 0. The van der Waals surface area contributed by atoms with Crippen molar-refractivity contribution in [1.29, 1.82) is 0 Å². The van der Waals surface area contributed by atoms with Crippen molar-refractivity contribution >= 4 is 17.9 Å². The molecule has 1 saturated carbocycles. The van der Waals surface area contributed by atoms with Crippen molar-refractivity contribution in [3.05, 3.63) is 36.0 Å². The first-order valence-corrected chi connectivity index (χ1v) is 12.7. The van der Waals surface area contributed by atoms with Gasteiger partial charge in [-0.15, -0.1) is 0 Å². The number of allylic oxidation sites excluding steroid dienone is 3. The smallest absolute Gasteiger partial charge is 0.338 e. The third kappa shape index (κ3) is 3.35. The standard InChI is InChI=1S/C27H32O9/c1-16-8-9-26-14-32-23(30)22-24(2,36-22)10-11-31-20(28)6-4-5-7-21(29)35-17-13-19(34-18(26)12-16)27(15-33-27)25(17,26)3/h4-7,12,17-19,22H,8-11,13-15H2,1-3H3/b6-4+,7-5+/t17-,18-,19-,22-,24-,25-,26-,27?/m1/s1. The van der Waals surface area contributed by atoms with Gasteiger partial charge in [0.25, 0.3) is 0 Å². The SMILES string of the molecule is CC1=C[C@H]2O[C@@H]3C[C@H]4OC(=O)/C=C/C=C/C(=O)OCC[C@@]5(C)O[C@@H]5C(=O)OC[C@@]2(CC1)[C@]4(C)C31CO1. The Labute approximate surface area is 209 Å². The van der Waals surface area contributed by atoms with Crippen LogP contribution in [0.2, 0.25) is 0 Å². The van der Waals surface area contributed by atoms with Crippen LogP contribution in [-0.2, 0) is 42.8 Å². The van der Waals surface area contributed by atoms with Gasteiger partial charge >= 0.3 is 17.9 Å². The van der Waals surface area contributed by atoms with E-state index in [1.54, 1.807) is 0 Å². The topological polar surface area (TPSA) is 113 Å². The van der Waals surface area contributed by atoms with E-state index in [1.807, 2.05) is 6.92 Å². The highest BCUT2D eigenvalue weighted by Gasteiger charge is 2.83. The van der Waals surface area contributed by atoms with E-state index in [4.69, 9.17) is 28.4 Å². The molecule has 2 aliphatic carbocycles. The van der Waals surface area contributed by atoms with Gasteiger partial charge in [-0.05, 0) is 26.7 Å². The van der Waals surface area contributed by atoms with E-state index < -0.39 is 52.1 Å². The molecule has 0 N–H and O–H groups in total. The number of rotatable bonds is 0. The fourth-order valence-electron chi connectivity index (χ4n) is 6.98. The Kier molecular flexibility index (Phi) is 5.31. The summed E-state index contributed by atoms with van der Waals surface area (Å²) >= 11 is 0. The van der Waals surface area contributed by atoms with E-state index >= 15 is 0 Å². The van der Waals surface area contributed by atoms with E-state index in [0.29, 0.717) is 25.9 Å². The quantitative estimate of drug-likeness (QED) is 0.214. The molecular formula is C27H32O9. The van der Waals surface area contributed by atoms with Crippen molar-refractivity contribution in [1.82, 2.24) is 0 Å². The van der Waals surface area contributed by atoms with Gasteiger partial charge in [-0.1, -0.05) is 30.7 Å². The van der Waals surface area contributed by atoms with Crippen LogP contribution in [0.1, 0.15) is 46.5 Å². The maximum absolute atomic E-state index is 13.1. The normalized spacial score (nSPS) is 49.8. The molecule has 4 aliphatic heterocycles. The minimum Gasteiger partial charge on any atom is -0.463 e. The minimum absolute atomic E-state index is 0.0974. The van der Waals surface area contributed by atoms with Crippen molar-refractivity contribution in [2.45, 2.75) is 82.1 Å². The molecule has 2 bridgehead atoms. The number of carbonyl (C=O) groups is 3. The van der Waals surface area contributed by atoms with Crippen LogP contribution >= 0.6 is 0 Å². The lowest BCUT2D eigenvalue weighted by Crippen LogP contribution is -2.66. The Morgan fingerprint density at radius 2 is 1.69 bits per heavy atom. The van der Waals surface area contributed by atoms with E-state index in [-0.39, 0.29) is 25.4 Å². The number of carbonyl (C=O) groups excluding carboxylic acids is 3. The molecule has 4 heterocycles. The second-order valence-corrected chi connectivity index (χ2v) is 11.3. The predicted octanol–water partition coefficient (Wildman–Crippen LogP) is 2.33. The van der Waals surface area contributed by atoms with Crippen molar-refractivity contribution < 1.29 is 42.8 Å². The summed E-state index contributed by atoms with van der Waals surface area (Å²) in [6.45, 7) is 6.71. The largest absolute Gasteiger partial charge is 0.463 e. The van der Waals surface area contributed by atoms with Crippen molar-refractivity contribution in [2.75, 3.05) is 19.8 Å². The Morgan fingerprint density at radius 3 is 2.44 bits per heavy atom. The molecule has 0 aromatic heterocycles. The summed E-state index contributed by atoms with van der Waals surface area (Å²) in [5.41, 5.74) is -1.36. The van der Waals surface area contributed by atoms with Gasteiger partial charge in [0.2, 0.25) is 0 Å². The first kappa shape index (κ1) is 23.9. The molecule has 1 unspecified atom stereocenters. The van der Waals surface area contributed by atoms with E-state index in [0.717, 1.165) is 6.42 Å². The highest BCUT2D eigenvalue weighted by atomic mass is 16.7. The molecule has 0 amide bonds. The lowest BCUT2D eigenvalue weighted by atomic mass is 9.51. The van der Waals surface area contributed by atoms with E-state index in [2.05, 4.69) is 19.9 Å². The zero-order valence-corrected chi connectivity index (χ0v) is 20.8. The summed E-state index contributed by atoms with van der Waals surface area (Å²) in [4.78, 5) is 37.8. The van der Waals surface area contributed by atoms with Crippen LogP contribution < -0.4 is 0 Å². The van der Waals surface area contributed by atoms with Gasteiger partial charge in [-0.3, -0.25) is 0 Å². The Bertz CT molecular complexity index is 1090. The fraction of sp³-hybridized carbons (Fsp3) is 0.667. The monoisotopic (exact) mass is 500 g/mol. The molecule has 4 fully saturated rings. The second kappa shape index (κ2) is 8.00. The molecule has 3 saturated heterocycles. The van der Waals surface area contributed by atoms with E-state index in [9.17, 15) is 14.4 Å². The van der Waals surface area contributed by atoms with E-state index in [1.165, 1.54) is 29.9 Å². The predicted molar refractivity (Wildman–Crippen MR) is 123 cm³/mol. The van der Waals surface area contributed by atoms with Gasteiger partial charge in [0, 0.05) is 30.4 Å². The molecule has 6 aliphatic rings. The van der Waals surface area contributed by atoms with Crippen LogP contribution in [0, 0.1) is 10.8 Å². The van der Waals surface area contributed by atoms with Crippen molar-refractivity contribution in [3.63, 3.8) is 0 Å². The fourth-order valence-corrected chi connectivity index (χ4v) is 6.98. The van der Waals surface area contributed by atoms with Crippen LogP contribution in [0.5, 0.6) is 0 Å². The first-order valence-electron chi connectivity index (χ1n) is 12.7. The minimum atomic E-state index is -0.739. The lowest BCUT2D eigenvalue weighted by Gasteiger charge is -2.58. The maximum Gasteiger partial charge on any atom is 0.338 e. The van der Waals surface area contributed by atoms with Crippen LogP contribution in [0.3, 0.4) is 0 Å². The highest BCUT2D eigenvalue weighted by molar-refractivity contribution is 5.84. The summed E-state index contributed by atoms with van der Waals surface area (Å²) in [6.07, 6.45) is 8.23. The van der Waals surface area contributed by atoms with Crippen LogP contribution in [0.25, 0.3) is 0 Å². The number of epoxide rings is 2. The van der Waals surface area contributed by atoms with Crippen LogP contribution in [0.15, 0.2) is 36.0 Å². The van der Waals surface area contributed by atoms with Gasteiger partial charge in [-0.25, -0.2) is 14.4 Å². The summed E-state index contributed by atoms with van der Waals surface area (Å²) < 4.78 is 35.6. The second-order valence-electron chi connectivity index (χ2n) is 11.3. The zero-order valence-electron chi connectivity index (χ0n) is 20.8. The molecule has 0 radical (unpaired) electrons.